The van der Waals surface area contributed by atoms with Crippen LogP contribution in [0.3, 0.4) is 0 Å². The highest BCUT2D eigenvalue weighted by Crippen LogP contribution is 2.22. The first-order chi connectivity index (χ1) is 7.75. The molecule has 1 saturated carbocycles. The Balaban J connectivity index is 1.51. The Bertz CT molecular complexity index is 201. The highest BCUT2D eigenvalue weighted by molar-refractivity contribution is 4.81. The van der Waals surface area contributed by atoms with Gasteiger partial charge >= 0.3 is 0 Å². The molecule has 2 nitrogen and oxygen atoms in total. The Hall–Kier alpha value is -0.0800. The Kier molecular flexibility index (Phi) is 4.66. The maximum atomic E-state index is 3.59. The zero-order valence-electron chi connectivity index (χ0n) is 11.0. The topological polar surface area (TPSA) is 15.3 Å². The van der Waals surface area contributed by atoms with Crippen molar-refractivity contribution in [3.8, 4) is 0 Å². The van der Waals surface area contributed by atoms with Crippen LogP contribution in [0.1, 0.15) is 52.4 Å². The molecule has 1 saturated heterocycles. The normalized spacial score (nSPS) is 31.9. The van der Waals surface area contributed by atoms with Crippen LogP contribution in [0.4, 0.5) is 0 Å². The van der Waals surface area contributed by atoms with Gasteiger partial charge in [-0.15, -0.1) is 0 Å². The molecule has 0 aromatic heterocycles. The fraction of sp³-hybridized carbons (Fsp3) is 1.00. The van der Waals surface area contributed by atoms with Gasteiger partial charge in [0.25, 0.3) is 0 Å². The van der Waals surface area contributed by atoms with Gasteiger partial charge < -0.3 is 10.2 Å². The molecule has 0 radical (unpaired) electrons. The quantitative estimate of drug-likeness (QED) is 0.698. The first kappa shape index (κ1) is 12.4. The summed E-state index contributed by atoms with van der Waals surface area (Å²) in [5.74, 6) is 0.947. The largest absolute Gasteiger partial charge is 0.314 e. The van der Waals surface area contributed by atoms with Crippen LogP contribution in [0.15, 0.2) is 0 Å². The Morgan fingerprint density at radius 1 is 1.12 bits per heavy atom. The molecule has 94 valence electrons. The van der Waals surface area contributed by atoms with Gasteiger partial charge in [0.2, 0.25) is 0 Å². The summed E-state index contributed by atoms with van der Waals surface area (Å²) in [6.07, 6.45) is 8.38. The molecule has 16 heavy (non-hydrogen) atoms. The first-order valence-electron chi connectivity index (χ1n) is 7.23. The van der Waals surface area contributed by atoms with E-state index in [2.05, 4.69) is 24.1 Å². The van der Waals surface area contributed by atoms with Crippen LogP contribution in [0.25, 0.3) is 0 Å². The van der Waals surface area contributed by atoms with Gasteiger partial charge in [0.1, 0.15) is 0 Å². The third-order valence-corrected chi connectivity index (χ3v) is 4.16. The van der Waals surface area contributed by atoms with E-state index in [0.717, 1.165) is 18.0 Å². The summed E-state index contributed by atoms with van der Waals surface area (Å²) >= 11 is 0. The molecule has 0 amide bonds. The summed E-state index contributed by atoms with van der Waals surface area (Å²) in [6, 6.07) is 1.70. The SMILES string of the molecule is CC1CCN(CCCCNC2CC2)C(C)C1. The lowest BCUT2D eigenvalue weighted by atomic mass is 9.93. The van der Waals surface area contributed by atoms with Gasteiger partial charge in [-0.05, 0) is 71.0 Å². The highest BCUT2D eigenvalue weighted by Gasteiger charge is 2.22. The molecule has 0 aromatic rings. The number of hydrogen-bond acceptors (Lipinski definition) is 2. The van der Waals surface area contributed by atoms with Crippen LogP contribution >= 0.6 is 0 Å². The molecule has 1 N–H and O–H groups in total. The summed E-state index contributed by atoms with van der Waals surface area (Å²) < 4.78 is 0. The minimum atomic E-state index is 0.820. The number of nitrogens with zero attached hydrogens (tertiary/aromatic N) is 1. The zero-order chi connectivity index (χ0) is 11.4. The van der Waals surface area contributed by atoms with Gasteiger partial charge in [0, 0.05) is 12.1 Å². The molecule has 0 spiro atoms. The number of hydrogen-bond donors (Lipinski definition) is 1. The molecule has 2 aliphatic rings. The van der Waals surface area contributed by atoms with Crippen molar-refractivity contribution in [2.75, 3.05) is 19.6 Å². The Labute approximate surface area is 101 Å². The maximum Gasteiger partial charge on any atom is 0.00694 e. The van der Waals surface area contributed by atoms with Gasteiger partial charge in [-0.1, -0.05) is 6.92 Å². The van der Waals surface area contributed by atoms with Crippen LogP contribution < -0.4 is 5.32 Å². The predicted molar refractivity (Wildman–Crippen MR) is 69.7 cm³/mol. The lowest BCUT2D eigenvalue weighted by molar-refractivity contribution is 0.127. The van der Waals surface area contributed by atoms with E-state index in [4.69, 9.17) is 0 Å². The standard InChI is InChI=1S/C14H28N2/c1-12-7-10-16(13(2)11-12)9-4-3-8-15-14-5-6-14/h12-15H,3-11H2,1-2H3. The molecule has 1 heterocycles. The molecular weight excluding hydrogens is 196 g/mol. The van der Waals surface area contributed by atoms with E-state index in [1.165, 1.54) is 58.2 Å². The van der Waals surface area contributed by atoms with Crippen molar-refractivity contribution in [1.82, 2.24) is 10.2 Å². The van der Waals surface area contributed by atoms with Crippen LogP contribution in [0.5, 0.6) is 0 Å². The third-order valence-electron chi connectivity index (χ3n) is 4.16. The average molecular weight is 224 g/mol. The van der Waals surface area contributed by atoms with E-state index < -0.39 is 0 Å². The second kappa shape index (κ2) is 6.02. The number of unbranched alkanes of at least 4 members (excludes halogenated alkanes) is 1. The van der Waals surface area contributed by atoms with Gasteiger partial charge in [0.15, 0.2) is 0 Å². The molecule has 1 aliphatic carbocycles. The van der Waals surface area contributed by atoms with Crippen LogP contribution in [0, 0.1) is 5.92 Å². The van der Waals surface area contributed by atoms with Crippen LogP contribution in [-0.4, -0.2) is 36.6 Å². The number of nitrogens with one attached hydrogen (secondary N) is 1. The van der Waals surface area contributed by atoms with Crippen molar-refractivity contribution < 1.29 is 0 Å². The van der Waals surface area contributed by atoms with E-state index in [1.54, 1.807) is 0 Å². The van der Waals surface area contributed by atoms with Crippen molar-refractivity contribution >= 4 is 0 Å². The van der Waals surface area contributed by atoms with Gasteiger partial charge in [-0.25, -0.2) is 0 Å². The highest BCUT2D eigenvalue weighted by atomic mass is 15.2. The molecule has 1 aliphatic heterocycles. The molecule has 2 heteroatoms. The van der Waals surface area contributed by atoms with Crippen molar-refractivity contribution in [1.29, 1.82) is 0 Å². The number of piperidine rings is 1. The van der Waals surface area contributed by atoms with E-state index in [-0.39, 0.29) is 0 Å². The van der Waals surface area contributed by atoms with Crippen LogP contribution in [-0.2, 0) is 0 Å². The van der Waals surface area contributed by atoms with Crippen molar-refractivity contribution in [2.24, 2.45) is 5.92 Å². The smallest absolute Gasteiger partial charge is 0.00694 e. The minimum absolute atomic E-state index is 0.820. The predicted octanol–water partition coefficient (Wildman–Crippen LogP) is 2.64. The zero-order valence-corrected chi connectivity index (χ0v) is 11.0. The fourth-order valence-corrected chi connectivity index (χ4v) is 2.82. The average Bonchev–Trinajstić information content (AvgIpc) is 3.04. The minimum Gasteiger partial charge on any atom is -0.314 e. The second-order valence-corrected chi connectivity index (χ2v) is 5.95. The lowest BCUT2D eigenvalue weighted by Crippen LogP contribution is -2.40. The third kappa shape index (κ3) is 4.06. The first-order valence-corrected chi connectivity index (χ1v) is 7.23. The van der Waals surface area contributed by atoms with Crippen molar-refractivity contribution in [2.45, 2.75) is 64.5 Å². The monoisotopic (exact) mass is 224 g/mol. The molecule has 0 aromatic carbocycles. The lowest BCUT2D eigenvalue weighted by Gasteiger charge is -2.36. The molecule has 2 fully saturated rings. The molecule has 2 atom stereocenters. The van der Waals surface area contributed by atoms with Crippen molar-refractivity contribution in [3.63, 3.8) is 0 Å². The summed E-state index contributed by atoms with van der Waals surface area (Å²) in [4.78, 5) is 2.69. The van der Waals surface area contributed by atoms with Crippen molar-refractivity contribution in [3.05, 3.63) is 0 Å². The van der Waals surface area contributed by atoms with E-state index >= 15 is 0 Å². The molecule has 2 rings (SSSR count). The van der Waals surface area contributed by atoms with E-state index in [0.29, 0.717) is 0 Å². The van der Waals surface area contributed by atoms with Gasteiger partial charge in [-0.3, -0.25) is 0 Å². The van der Waals surface area contributed by atoms with E-state index in [1.807, 2.05) is 0 Å². The summed E-state index contributed by atoms with van der Waals surface area (Å²) in [7, 11) is 0. The number of likely N-dealkylation sites (tertiary alicyclic amines) is 1. The van der Waals surface area contributed by atoms with Gasteiger partial charge in [0.05, 0.1) is 0 Å². The molecule has 0 bridgehead atoms. The van der Waals surface area contributed by atoms with E-state index in [9.17, 15) is 0 Å². The maximum absolute atomic E-state index is 3.59. The summed E-state index contributed by atoms with van der Waals surface area (Å²) in [6.45, 7) is 8.69. The fourth-order valence-electron chi connectivity index (χ4n) is 2.82. The molecular formula is C14H28N2. The number of rotatable bonds is 6. The van der Waals surface area contributed by atoms with Gasteiger partial charge in [-0.2, -0.15) is 0 Å². The molecule has 2 unspecified atom stereocenters. The second-order valence-electron chi connectivity index (χ2n) is 5.95. The summed E-state index contributed by atoms with van der Waals surface area (Å²) in [5, 5.41) is 3.59. The Morgan fingerprint density at radius 2 is 1.94 bits per heavy atom. The summed E-state index contributed by atoms with van der Waals surface area (Å²) in [5.41, 5.74) is 0. The Morgan fingerprint density at radius 3 is 2.62 bits per heavy atom. The van der Waals surface area contributed by atoms with Crippen LogP contribution in [0.2, 0.25) is 0 Å².